The second-order valence-electron chi connectivity index (χ2n) is 10.4. The Morgan fingerprint density at radius 2 is 1.86 bits per heavy atom. The van der Waals surface area contributed by atoms with Crippen LogP contribution in [-0.2, 0) is 22.7 Å². The normalized spacial score (nSPS) is 26.6. The number of carbonyl (C=O) groups excluding carboxylic acids is 2. The summed E-state index contributed by atoms with van der Waals surface area (Å²) in [6, 6.07) is 16.0. The second kappa shape index (κ2) is 9.71. The molecule has 7 heteroatoms. The number of hydrogen-bond donors (Lipinski definition) is 1. The molecule has 3 atom stereocenters. The van der Waals surface area contributed by atoms with Crippen LogP contribution in [0.4, 0.5) is 0 Å². The third-order valence-corrected chi connectivity index (χ3v) is 7.99. The number of allylic oxidation sites excluding steroid dienone is 1. The Morgan fingerprint density at radius 1 is 1.03 bits per heavy atom. The van der Waals surface area contributed by atoms with E-state index in [0.29, 0.717) is 37.6 Å². The quantitative estimate of drug-likeness (QED) is 0.646. The van der Waals surface area contributed by atoms with Crippen LogP contribution in [0.15, 0.2) is 60.8 Å². The van der Waals surface area contributed by atoms with E-state index in [0.717, 1.165) is 49.4 Å². The molecule has 3 aliphatic heterocycles. The van der Waals surface area contributed by atoms with Gasteiger partial charge in [-0.05, 0) is 61.4 Å². The molecule has 1 saturated carbocycles. The lowest BCUT2D eigenvalue weighted by molar-refractivity contribution is -0.126. The molecule has 0 spiro atoms. The van der Waals surface area contributed by atoms with Gasteiger partial charge in [0, 0.05) is 36.9 Å². The van der Waals surface area contributed by atoms with E-state index in [1.54, 1.807) is 4.90 Å². The van der Waals surface area contributed by atoms with Crippen molar-refractivity contribution in [3.8, 4) is 5.75 Å². The van der Waals surface area contributed by atoms with Crippen LogP contribution >= 0.6 is 0 Å². The van der Waals surface area contributed by atoms with E-state index in [1.165, 1.54) is 5.56 Å². The molecule has 6 rings (SSSR count). The number of carbonyl (C=O) groups is 2. The number of nitrogens with zero attached hydrogens (tertiary/aromatic N) is 2. The summed E-state index contributed by atoms with van der Waals surface area (Å²) in [4.78, 5) is 29.6. The van der Waals surface area contributed by atoms with Crippen LogP contribution in [0.1, 0.15) is 53.6 Å². The van der Waals surface area contributed by atoms with E-state index < -0.39 is 6.04 Å². The van der Waals surface area contributed by atoms with Crippen LogP contribution in [-0.4, -0.2) is 59.0 Å². The minimum atomic E-state index is -0.442. The monoisotopic (exact) mass is 487 g/mol. The fraction of sp³-hybridized carbons (Fsp3) is 0.448. The Balaban J connectivity index is 1.05. The molecule has 0 radical (unpaired) electrons. The molecule has 2 saturated heterocycles. The zero-order chi connectivity index (χ0) is 24.6. The molecule has 188 valence electrons. The number of piperidine rings is 1. The predicted molar refractivity (Wildman–Crippen MR) is 135 cm³/mol. The predicted octanol–water partition coefficient (Wildman–Crippen LogP) is 3.64. The molecule has 2 aromatic rings. The molecule has 1 N–H and O–H groups in total. The number of amides is 2. The van der Waals surface area contributed by atoms with E-state index in [9.17, 15) is 9.59 Å². The average molecular weight is 488 g/mol. The molecule has 0 aromatic heterocycles. The fourth-order valence-corrected chi connectivity index (χ4v) is 5.97. The Bertz CT molecular complexity index is 1160. The Labute approximate surface area is 212 Å². The summed E-state index contributed by atoms with van der Waals surface area (Å²) in [6.07, 6.45) is 5.05. The lowest BCUT2D eigenvalue weighted by Gasteiger charge is -2.44. The van der Waals surface area contributed by atoms with Gasteiger partial charge in [0.2, 0.25) is 5.91 Å². The average Bonchev–Trinajstić information content (AvgIpc) is 3.43. The van der Waals surface area contributed by atoms with Crippen molar-refractivity contribution in [1.82, 2.24) is 15.1 Å². The molecule has 3 heterocycles. The molecule has 4 aliphatic rings. The van der Waals surface area contributed by atoms with Crippen LogP contribution < -0.4 is 10.1 Å². The van der Waals surface area contributed by atoms with Crippen LogP contribution in [0.25, 0.3) is 0 Å². The topological polar surface area (TPSA) is 71.1 Å². The molecule has 0 bridgehead atoms. The van der Waals surface area contributed by atoms with Crippen molar-refractivity contribution in [3.05, 3.63) is 77.5 Å². The maximum absolute atomic E-state index is 13.0. The molecular formula is C29H33N3O4. The van der Waals surface area contributed by atoms with Gasteiger partial charge in [-0.3, -0.25) is 14.5 Å². The Kier molecular flexibility index (Phi) is 6.27. The van der Waals surface area contributed by atoms with Gasteiger partial charge in [-0.15, -0.1) is 0 Å². The van der Waals surface area contributed by atoms with Gasteiger partial charge in [-0.1, -0.05) is 36.9 Å². The van der Waals surface area contributed by atoms with Gasteiger partial charge in [0.1, 0.15) is 17.9 Å². The zero-order valence-corrected chi connectivity index (χ0v) is 20.5. The van der Waals surface area contributed by atoms with Gasteiger partial charge < -0.3 is 19.7 Å². The van der Waals surface area contributed by atoms with Crippen LogP contribution in [0.3, 0.4) is 0 Å². The summed E-state index contributed by atoms with van der Waals surface area (Å²) in [5.74, 6) is 0.586. The molecular weight excluding hydrogens is 454 g/mol. The first-order valence-corrected chi connectivity index (χ1v) is 13.0. The van der Waals surface area contributed by atoms with Gasteiger partial charge >= 0.3 is 0 Å². The molecule has 1 aliphatic carbocycles. The maximum atomic E-state index is 13.0. The van der Waals surface area contributed by atoms with E-state index in [1.807, 2.05) is 36.4 Å². The van der Waals surface area contributed by atoms with Gasteiger partial charge in [0.15, 0.2) is 0 Å². The minimum absolute atomic E-state index is 0.0786. The van der Waals surface area contributed by atoms with Crippen molar-refractivity contribution in [2.45, 2.75) is 69.5 Å². The Morgan fingerprint density at radius 3 is 2.67 bits per heavy atom. The summed E-state index contributed by atoms with van der Waals surface area (Å²) in [6.45, 7) is 6.83. The van der Waals surface area contributed by atoms with Gasteiger partial charge in [-0.25, -0.2) is 0 Å². The van der Waals surface area contributed by atoms with Gasteiger partial charge in [0.05, 0.1) is 12.7 Å². The summed E-state index contributed by atoms with van der Waals surface area (Å²) >= 11 is 0. The molecule has 36 heavy (non-hydrogen) atoms. The lowest BCUT2D eigenvalue weighted by atomic mass is 10.0. The summed E-state index contributed by atoms with van der Waals surface area (Å²) in [5.41, 5.74) is 3.53. The van der Waals surface area contributed by atoms with Crippen LogP contribution in [0.2, 0.25) is 0 Å². The highest BCUT2D eigenvalue weighted by Crippen LogP contribution is 2.35. The minimum Gasteiger partial charge on any atom is -0.489 e. The third-order valence-electron chi connectivity index (χ3n) is 7.99. The number of nitrogens with one attached hydrogen (secondary N) is 1. The summed E-state index contributed by atoms with van der Waals surface area (Å²) < 4.78 is 12.6. The lowest BCUT2D eigenvalue weighted by Crippen LogP contribution is -2.58. The van der Waals surface area contributed by atoms with Gasteiger partial charge in [-0.2, -0.15) is 0 Å². The largest absolute Gasteiger partial charge is 0.489 e. The van der Waals surface area contributed by atoms with Crippen molar-refractivity contribution < 1.29 is 19.1 Å². The third kappa shape index (κ3) is 4.53. The first kappa shape index (κ1) is 23.3. The number of ether oxygens (including phenoxy) is 2. The smallest absolute Gasteiger partial charge is 0.255 e. The van der Waals surface area contributed by atoms with Crippen molar-refractivity contribution in [2.24, 2.45) is 0 Å². The summed E-state index contributed by atoms with van der Waals surface area (Å²) in [5, 5.41) is 2.79. The number of rotatable bonds is 7. The van der Waals surface area contributed by atoms with Crippen molar-refractivity contribution in [3.63, 3.8) is 0 Å². The number of benzene rings is 2. The first-order valence-electron chi connectivity index (χ1n) is 13.0. The number of hydrogen-bond acceptors (Lipinski definition) is 5. The van der Waals surface area contributed by atoms with Crippen LogP contribution in [0, 0.1) is 0 Å². The summed E-state index contributed by atoms with van der Waals surface area (Å²) in [7, 11) is 0. The second-order valence-corrected chi connectivity index (χ2v) is 10.4. The zero-order valence-electron chi connectivity index (χ0n) is 20.5. The molecule has 2 aromatic carbocycles. The molecule has 3 fully saturated rings. The van der Waals surface area contributed by atoms with Crippen molar-refractivity contribution >= 4 is 11.8 Å². The fourth-order valence-electron chi connectivity index (χ4n) is 5.97. The van der Waals surface area contributed by atoms with E-state index >= 15 is 0 Å². The highest BCUT2D eigenvalue weighted by atomic mass is 16.5. The Hall–Kier alpha value is -3.16. The highest BCUT2D eigenvalue weighted by Gasteiger charge is 2.41. The SMILES string of the molecule is C=C1CCC(N2Cc3cc(OC4CCCC4N4CC(OCc5ccccc5)C4)ccc3C2=O)C(=O)N1. The van der Waals surface area contributed by atoms with Crippen molar-refractivity contribution in [1.29, 1.82) is 0 Å². The maximum Gasteiger partial charge on any atom is 0.255 e. The molecule has 2 amide bonds. The van der Waals surface area contributed by atoms with Crippen molar-refractivity contribution in [2.75, 3.05) is 13.1 Å². The first-order chi connectivity index (χ1) is 17.5. The highest BCUT2D eigenvalue weighted by molar-refractivity contribution is 6.01. The number of fused-ring (bicyclic) bond motifs is 1. The van der Waals surface area contributed by atoms with E-state index in [2.05, 4.69) is 28.9 Å². The molecule has 7 nitrogen and oxygen atoms in total. The standard InChI is InChI=1S/C29H33N3O4/c1-19-10-13-26(28(33)30-19)32-15-21-14-22(11-12-24(21)29(32)34)36-27-9-5-8-25(27)31-16-23(17-31)35-18-20-6-3-2-4-7-20/h2-4,6-7,11-12,14,23,25-27H,1,5,8-10,13,15-18H2,(H,30,33). The van der Waals surface area contributed by atoms with Crippen LogP contribution in [0.5, 0.6) is 5.75 Å². The van der Waals surface area contributed by atoms with E-state index in [-0.39, 0.29) is 24.0 Å². The molecule has 3 unspecified atom stereocenters. The van der Waals surface area contributed by atoms with Gasteiger partial charge in [0.25, 0.3) is 5.91 Å². The number of likely N-dealkylation sites (tertiary alicyclic amines) is 1. The van der Waals surface area contributed by atoms with E-state index in [4.69, 9.17) is 9.47 Å².